The minimum absolute atomic E-state index is 0.0274. The predicted octanol–water partition coefficient (Wildman–Crippen LogP) is 1.96. The van der Waals surface area contributed by atoms with Gasteiger partial charge in [-0.25, -0.2) is 4.39 Å². The molecule has 108 valence electrons. The van der Waals surface area contributed by atoms with Gasteiger partial charge in [0, 0.05) is 18.7 Å². The van der Waals surface area contributed by atoms with Crippen molar-refractivity contribution in [2.75, 3.05) is 13.1 Å². The third-order valence-electron chi connectivity index (χ3n) is 3.57. The summed E-state index contributed by atoms with van der Waals surface area (Å²) in [5, 5.41) is 2.76. The Bertz CT molecular complexity index is 487. The molecule has 1 saturated heterocycles. The number of likely N-dealkylation sites (tertiary alicyclic amines) is 1. The Morgan fingerprint density at radius 2 is 2.05 bits per heavy atom. The van der Waals surface area contributed by atoms with Crippen LogP contribution in [-0.2, 0) is 4.79 Å². The maximum absolute atomic E-state index is 12.8. The van der Waals surface area contributed by atoms with Gasteiger partial charge in [-0.3, -0.25) is 9.59 Å². The maximum atomic E-state index is 12.8. The van der Waals surface area contributed by atoms with E-state index in [1.807, 2.05) is 6.92 Å². The number of benzene rings is 1. The minimum atomic E-state index is -0.477. The van der Waals surface area contributed by atoms with Crippen LogP contribution in [0.2, 0.25) is 0 Å². The lowest BCUT2D eigenvalue weighted by Crippen LogP contribution is -2.47. The molecule has 0 aliphatic carbocycles. The van der Waals surface area contributed by atoms with Gasteiger partial charge in [-0.05, 0) is 50.5 Å². The molecule has 1 atom stereocenters. The van der Waals surface area contributed by atoms with E-state index in [1.165, 1.54) is 24.3 Å². The highest BCUT2D eigenvalue weighted by Crippen LogP contribution is 2.13. The van der Waals surface area contributed by atoms with Crippen molar-refractivity contribution in [1.29, 1.82) is 0 Å². The smallest absolute Gasteiger partial charge is 0.251 e. The molecule has 1 fully saturated rings. The summed E-state index contributed by atoms with van der Waals surface area (Å²) in [5.41, 5.74) is 0.367. The first-order chi connectivity index (χ1) is 9.61. The molecule has 4 nitrogen and oxygen atoms in total. The number of hydrogen-bond acceptors (Lipinski definition) is 2. The fourth-order valence-electron chi connectivity index (χ4n) is 2.40. The molecule has 1 aliphatic heterocycles. The first-order valence-corrected chi connectivity index (χ1v) is 6.97. The van der Waals surface area contributed by atoms with Gasteiger partial charge in [0.05, 0.1) is 0 Å². The van der Waals surface area contributed by atoms with Crippen molar-refractivity contribution >= 4 is 11.8 Å². The Morgan fingerprint density at radius 3 is 2.70 bits per heavy atom. The van der Waals surface area contributed by atoms with Gasteiger partial charge in [0.2, 0.25) is 5.91 Å². The first kappa shape index (κ1) is 14.5. The summed E-state index contributed by atoms with van der Waals surface area (Å²) >= 11 is 0. The lowest BCUT2D eigenvalue weighted by atomic mass is 10.1. The van der Waals surface area contributed by atoms with Crippen molar-refractivity contribution in [2.24, 2.45) is 0 Å². The van der Waals surface area contributed by atoms with Crippen molar-refractivity contribution in [3.63, 3.8) is 0 Å². The molecule has 20 heavy (non-hydrogen) atoms. The highest BCUT2D eigenvalue weighted by atomic mass is 19.1. The number of carbonyl (C=O) groups is 2. The number of amides is 2. The molecule has 2 rings (SSSR count). The van der Waals surface area contributed by atoms with Gasteiger partial charge in [-0.1, -0.05) is 0 Å². The molecule has 0 spiro atoms. The predicted molar refractivity (Wildman–Crippen MR) is 73.8 cm³/mol. The molecule has 0 aromatic heterocycles. The van der Waals surface area contributed by atoms with E-state index in [0.717, 1.165) is 19.4 Å². The molecule has 1 aromatic rings. The fourth-order valence-corrected chi connectivity index (χ4v) is 2.40. The Hall–Kier alpha value is -1.91. The summed E-state index contributed by atoms with van der Waals surface area (Å²) < 4.78 is 12.8. The zero-order valence-electron chi connectivity index (χ0n) is 11.6. The van der Waals surface area contributed by atoms with Gasteiger partial charge in [0.15, 0.2) is 0 Å². The van der Waals surface area contributed by atoms with Crippen molar-refractivity contribution in [3.8, 4) is 0 Å². The molecule has 0 saturated carbocycles. The second-order valence-electron chi connectivity index (χ2n) is 4.95. The molecule has 1 aromatic carbocycles. The topological polar surface area (TPSA) is 49.4 Å². The van der Waals surface area contributed by atoms with Crippen LogP contribution in [0.3, 0.4) is 0 Å². The molecule has 0 radical (unpaired) electrons. The van der Waals surface area contributed by atoms with Crippen LogP contribution in [0.15, 0.2) is 24.3 Å². The van der Waals surface area contributed by atoms with Crippen LogP contribution < -0.4 is 5.32 Å². The Balaban J connectivity index is 2.05. The van der Waals surface area contributed by atoms with Gasteiger partial charge in [-0.15, -0.1) is 0 Å². The summed E-state index contributed by atoms with van der Waals surface area (Å²) in [4.78, 5) is 26.1. The van der Waals surface area contributed by atoms with Crippen molar-refractivity contribution in [2.45, 2.75) is 32.2 Å². The van der Waals surface area contributed by atoms with Crippen molar-refractivity contribution in [1.82, 2.24) is 10.2 Å². The Labute approximate surface area is 118 Å². The second-order valence-corrected chi connectivity index (χ2v) is 4.95. The van der Waals surface area contributed by atoms with Crippen molar-refractivity contribution in [3.05, 3.63) is 35.6 Å². The van der Waals surface area contributed by atoms with Crippen LogP contribution >= 0.6 is 0 Å². The van der Waals surface area contributed by atoms with Crippen molar-refractivity contribution < 1.29 is 14.0 Å². The van der Waals surface area contributed by atoms with Crippen LogP contribution in [0.4, 0.5) is 4.39 Å². The summed E-state index contributed by atoms with van der Waals surface area (Å²) in [6.45, 7) is 3.34. The summed E-state index contributed by atoms with van der Waals surface area (Å²) in [5.74, 6) is -0.744. The van der Waals surface area contributed by atoms with E-state index in [0.29, 0.717) is 18.5 Å². The SMILES string of the molecule is CCN1CCCCC(NC(=O)c2ccc(F)cc2)C1=O. The largest absolute Gasteiger partial charge is 0.341 e. The fraction of sp³-hybridized carbons (Fsp3) is 0.467. The van der Waals surface area contributed by atoms with Crippen LogP contribution in [0.5, 0.6) is 0 Å². The number of nitrogens with one attached hydrogen (secondary N) is 1. The first-order valence-electron chi connectivity index (χ1n) is 6.97. The van der Waals surface area contributed by atoms with E-state index < -0.39 is 6.04 Å². The van der Waals surface area contributed by atoms with Gasteiger partial charge in [0.25, 0.3) is 5.91 Å². The van der Waals surface area contributed by atoms with E-state index in [4.69, 9.17) is 0 Å². The molecule has 5 heteroatoms. The zero-order valence-corrected chi connectivity index (χ0v) is 11.6. The minimum Gasteiger partial charge on any atom is -0.341 e. The zero-order chi connectivity index (χ0) is 14.5. The molecular weight excluding hydrogens is 259 g/mol. The maximum Gasteiger partial charge on any atom is 0.251 e. The lowest BCUT2D eigenvalue weighted by Gasteiger charge is -2.23. The van der Waals surface area contributed by atoms with Gasteiger partial charge < -0.3 is 10.2 Å². The van der Waals surface area contributed by atoms with Crippen LogP contribution in [0, 0.1) is 5.82 Å². The molecule has 1 unspecified atom stereocenters. The number of likely N-dealkylation sites (N-methyl/N-ethyl adjacent to an activating group) is 1. The standard InChI is InChI=1S/C15H19FN2O2/c1-2-18-10-4-3-5-13(15(18)20)17-14(19)11-6-8-12(16)9-7-11/h6-9,13H,2-5,10H2,1H3,(H,17,19). The Morgan fingerprint density at radius 1 is 1.35 bits per heavy atom. The van der Waals surface area contributed by atoms with Gasteiger partial charge in [0.1, 0.15) is 11.9 Å². The third-order valence-corrected chi connectivity index (χ3v) is 3.57. The average molecular weight is 278 g/mol. The number of halogens is 1. The summed E-state index contributed by atoms with van der Waals surface area (Å²) in [6, 6.07) is 4.84. The molecule has 0 bridgehead atoms. The average Bonchev–Trinajstić information content (AvgIpc) is 2.62. The highest BCUT2D eigenvalue weighted by Gasteiger charge is 2.27. The van der Waals surface area contributed by atoms with Crippen LogP contribution in [0.25, 0.3) is 0 Å². The van der Waals surface area contributed by atoms with Crippen LogP contribution in [0.1, 0.15) is 36.5 Å². The number of nitrogens with zero attached hydrogens (tertiary/aromatic N) is 1. The molecule has 2 amide bonds. The monoisotopic (exact) mass is 278 g/mol. The van der Waals surface area contributed by atoms with E-state index in [9.17, 15) is 14.0 Å². The third kappa shape index (κ3) is 3.35. The summed E-state index contributed by atoms with van der Waals surface area (Å²) in [6.07, 6.45) is 2.53. The van der Waals surface area contributed by atoms with E-state index in [2.05, 4.69) is 5.32 Å². The molecule has 1 aliphatic rings. The van der Waals surface area contributed by atoms with E-state index >= 15 is 0 Å². The normalized spacial score (nSPS) is 19.6. The number of rotatable bonds is 3. The number of carbonyl (C=O) groups excluding carboxylic acids is 2. The van der Waals surface area contributed by atoms with Gasteiger partial charge >= 0.3 is 0 Å². The summed E-state index contributed by atoms with van der Waals surface area (Å²) in [7, 11) is 0. The Kier molecular flexibility index (Phi) is 4.71. The molecular formula is C15H19FN2O2. The molecule has 1 N–H and O–H groups in total. The highest BCUT2D eigenvalue weighted by molar-refractivity contribution is 5.97. The van der Waals surface area contributed by atoms with E-state index in [1.54, 1.807) is 4.90 Å². The number of hydrogen-bond donors (Lipinski definition) is 1. The van der Waals surface area contributed by atoms with Gasteiger partial charge in [-0.2, -0.15) is 0 Å². The van der Waals surface area contributed by atoms with E-state index in [-0.39, 0.29) is 17.6 Å². The second kappa shape index (κ2) is 6.50. The quantitative estimate of drug-likeness (QED) is 0.919. The van der Waals surface area contributed by atoms with Crippen LogP contribution in [-0.4, -0.2) is 35.8 Å². The lowest BCUT2D eigenvalue weighted by molar-refractivity contribution is -0.132. The molecule has 1 heterocycles.